The molecular formula is C11H17N7O. The number of primary amides is 1. The van der Waals surface area contributed by atoms with Crippen molar-refractivity contribution in [2.24, 2.45) is 5.73 Å². The number of hydrogen-bond acceptors (Lipinski definition) is 6. The molecule has 8 heteroatoms. The minimum absolute atomic E-state index is 0.0817. The summed E-state index contributed by atoms with van der Waals surface area (Å²) in [4.78, 5) is 28.4. The number of fused-ring (bicyclic) bond motifs is 1. The SMILES string of the molecule is CCCNc1nc(N(C)CC(N)=O)c2[nH]cnc2n1. The molecule has 2 heterocycles. The summed E-state index contributed by atoms with van der Waals surface area (Å²) in [5.41, 5.74) is 6.44. The van der Waals surface area contributed by atoms with Gasteiger partial charge in [-0.15, -0.1) is 0 Å². The fourth-order valence-electron chi connectivity index (χ4n) is 1.72. The number of imidazole rings is 1. The summed E-state index contributed by atoms with van der Waals surface area (Å²) >= 11 is 0. The fraction of sp³-hybridized carbons (Fsp3) is 0.455. The van der Waals surface area contributed by atoms with Crippen molar-refractivity contribution >= 4 is 28.8 Å². The summed E-state index contributed by atoms with van der Waals surface area (Å²) in [6.45, 7) is 2.91. The van der Waals surface area contributed by atoms with Gasteiger partial charge in [0.15, 0.2) is 11.5 Å². The summed E-state index contributed by atoms with van der Waals surface area (Å²) in [6.07, 6.45) is 2.51. The van der Waals surface area contributed by atoms with Crippen molar-refractivity contribution in [3.05, 3.63) is 6.33 Å². The summed E-state index contributed by atoms with van der Waals surface area (Å²) in [5.74, 6) is 0.671. The van der Waals surface area contributed by atoms with Crippen molar-refractivity contribution in [1.82, 2.24) is 19.9 Å². The number of aromatic nitrogens is 4. The van der Waals surface area contributed by atoms with Crippen molar-refractivity contribution in [2.75, 3.05) is 30.4 Å². The highest BCUT2D eigenvalue weighted by molar-refractivity contribution is 5.87. The molecule has 0 aliphatic rings. The third-order valence-corrected chi connectivity index (χ3v) is 2.55. The number of rotatable bonds is 6. The lowest BCUT2D eigenvalue weighted by Gasteiger charge is -2.17. The van der Waals surface area contributed by atoms with Gasteiger partial charge in [0, 0.05) is 13.6 Å². The molecule has 0 bridgehead atoms. The number of likely N-dealkylation sites (N-methyl/N-ethyl adjacent to an activating group) is 1. The van der Waals surface area contributed by atoms with Crippen LogP contribution in [0.25, 0.3) is 11.2 Å². The Balaban J connectivity index is 2.38. The van der Waals surface area contributed by atoms with E-state index in [1.54, 1.807) is 18.3 Å². The zero-order chi connectivity index (χ0) is 13.8. The highest BCUT2D eigenvalue weighted by Gasteiger charge is 2.14. The van der Waals surface area contributed by atoms with Crippen LogP contribution in [0.2, 0.25) is 0 Å². The maximum Gasteiger partial charge on any atom is 0.236 e. The Labute approximate surface area is 110 Å². The number of nitrogens with two attached hydrogens (primary N) is 1. The zero-order valence-corrected chi connectivity index (χ0v) is 11.0. The third-order valence-electron chi connectivity index (χ3n) is 2.55. The molecule has 0 spiro atoms. The Kier molecular flexibility index (Phi) is 3.79. The molecule has 0 saturated heterocycles. The molecule has 0 atom stereocenters. The van der Waals surface area contributed by atoms with Gasteiger partial charge in [-0.05, 0) is 6.42 Å². The van der Waals surface area contributed by atoms with Gasteiger partial charge in [-0.2, -0.15) is 9.97 Å². The summed E-state index contributed by atoms with van der Waals surface area (Å²) in [6, 6.07) is 0. The average molecular weight is 263 g/mol. The molecule has 0 radical (unpaired) electrons. The molecule has 8 nitrogen and oxygen atoms in total. The summed E-state index contributed by atoms with van der Waals surface area (Å²) in [5, 5.41) is 3.11. The minimum Gasteiger partial charge on any atom is -0.368 e. The third kappa shape index (κ3) is 2.90. The van der Waals surface area contributed by atoms with Crippen molar-refractivity contribution < 1.29 is 4.79 Å². The largest absolute Gasteiger partial charge is 0.368 e. The van der Waals surface area contributed by atoms with Crippen LogP contribution < -0.4 is 16.0 Å². The molecule has 0 fully saturated rings. The number of nitrogens with zero attached hydrogens (tertiary/aromatic N) is 4. The lowest BCUT2D eigenvalue weighted by Crippen LogP contribution is -2.31. The van der Waals surface area contributed by atoms with Crippen LogP contribution in [0.1, 0.15) is 13.3 Å². The van der Waals surface area contributed by atoms with Crippen LogP contribution in [-0.2, 0) is 4.79 Å². The van der Waals surface area contributed by atoms with Crippen LogP contribution in [0.5, 0.6) is 0 Å². The molecule has 2 aromatic rings. The molecule has 2 aromatic heterocycles. The monoisotopic (exact) mass is 263 g/mol. The molecule has 2 rings (SSSR count). The first kappa shape index (κ1) is 13.1. The molecule has 0 aliphatic carbocycles. The van der Waals surface area contributed by atoms with Gasteiger partial charge in [0.05, 0.1) is 12.9 Å². The quantitative estimate of drug-likeness (QED) is 0.681. The topological polar surface area (TPSA) is 113 Å². The van der Waals surface area contributed by atoms with E-state index >= 15 is 0 Å². The Morgan fingerprint density at radius 1 is 1.53 bits per heavy atom. The lowest BCUT2D eigenvalue weighted by atomic mass is 10.4. The van der Waals surface area contributed by atoms with Crippen LogP contribution in [0, 0.1) is 0 Å². The van der Waals surface area contributed by atoms with E-state index in [0.717, 1.165) is 13.0 Å². The second-order valence-electron chi connectivity index (χ2n) is 4.22. The summed E-state index contributed by atoms with van der Waals surface area (Å²) in [7, 11) is 1.75. The van der Waals surface area contributed by atoms with Crippen LogP contribution >= 0.6 is 0 Å². The molecular weight excluding hydrogens is 246 g/mol. The van der Waals surface area contributed by atoms with Crippen LogP contribution in [-0.4, -0.2) is 46.0 Å². The van der Waals surface area contributed by atoms with Gasteiger partial charge < -0.3 is 20.9 Å². The fourth-order valence-corrected chi connectivity index (χ4v) is 1.72. The standard InChI is InChI=1S/C11H17N7O/c1-3-4-13-11-16-9-8(14-6-15-9)10(17-11)18(2)5-7(12)19/h6H,3-5H2,1-2H3,(H2,12,19)(H2,13,14,15,16,17). The lowest BCUT2D eigenvalue weighted by molar-refractivity contribution is -0.116. The smallest absolute Gasteiger partial charge is 0.236 e. The van der Waals surface area contributed by atoms with Gasteiger partial charge in [-0.3, -0.25) is 4.79 Å². The molecule has 0 aromatic carbocycles. The predicted molar refractivity (Wildman–Crippen MR) is 72.9 cm³/mol. The highest BCUT2D eigenvalue weighted by atomic mass is 16.1. The molecule has 0 unspecified atom stereocenters. The molecule has 0 aliphatic heterocycles. The number of carbonyl (C=O) groups excluding carboxylic acids is 1. The number of H-pyrrole nitrogens is 1. The van der Waals surface area contributed by atoms with E-state index in [2.05, 4.69) is 32.2 Å². The molecule has 4 N–H and O–H groups in total. The maximum atomic E-state index is 11.0. The van der Waals surface area contributed by atoms with Crippen LogP contribution in [0.4, 0.5) is 11.8 Å². The van der Waals surface area contributed by atoms with Gasteiger partial charge in [0.2, 0.25) is 11.9 Å². The molecule has 1 amide bonds. The number of hydrogen-bond donors (Lipinski definition) is 3. The van der Waals surface area contributed by atoms with Crippen molar-refractivity contribution in [2.45, 2.75) is 13.3 Å². The van der Waals surface area contributed by atoms with E-state index < -0.39 is 5.91 Å². The normalized spacial score (nSPS) is 10.6. The number of nitrogens with one attached hydrogen (secondary N) is 2. The average Bonchev–Trinajstić information content (AvgIpc) is 2.82. The Morgan fingerprint density at radius 2 is 2.32 bits per heavy atom. The second-order valence-corrected chi connectivity index (χ2v) is 4.22. The molecule has 19 heavy (non-hydrogen) atoms. The highest BCUT2D eigenvalue weighted by Crippen LogP contribution is 2.21. The van der Waals surface area contributed by atoms with E-state index in [1.807, 2.05) is 0 Å². The predicted octanol–water partition coefficient (Wildman–Crippen LogP) is 0.0963. The Bertz CT molecular complexity index is 579. The van der Waals surface area contributed by atoms with E-state index in [-0.39, 0.29) is 6.54 Å². The van der Waals surface area contributed by atoms with Crippen LogP contribution in [0.3, 0.4) is 0 Å². The molecule has 0 saturated carbocycles. The van der Waals surface area contributed by atoms with E-state index in [1.165, 1.54) is 0 Å². The minimum atomic E-state index is -0.420. The number of anilines is 2. The van der Waals surface area contributed by atoms with Crippen molar-refractivity contribution in [3.63, 3.8) is 0 Å². The van der Waals surface area contributed by atoms with E-state index in [9.17, 15) is 4.79 Å². The first-order valence-electron chi connectivity index (χ1n) is 6.06. The number of aromatic amines is 1. The first-order valence-corrected chi connectivity index (χ1v) is 6.06. The van der Waals surface area contributed by atoms with Gasteiger partial charge in [0.25, 0.3) is 0 Å². The van der Waals surface area contributed by atoms with Crippen LogP contribution in [0.15, 0.2) is 6.33 Å². The molecule has 102 valence electrons. The van der Waals surface area contributed by atoms with E-state index in [0.29, 0.717) is 22.9 Å². The number of carbonyl (C=O) groups is 1. The zero-order valence-electron chi connectivity index (χ0n) is 11.0. The Hall–Kier alpha value is -2.38. The van der Waals surface area contributed by atoms with Gasteiger partial charge in [-0.25, -0.2) is 4.98 Å². The maximum absolute atomic E-state index is 11.0. The van der Waals surface area contributed by atoms with Gasteiger partial charge in [-0.1, -0.05) is 6.92 Å². The first-order chi connectivity index (χ1) is 9.11. The summed E-state index contributed by atoms with van der Waals surface area (Å²) < 4.78 is 0. The van der Waals surface area contributed by atoms with Crippen molar-refractivity contribution in [1.29, 1.82) is 0 Å². The number of amides is 1. The Morgan fingerprint density at radius 3 is 3.00 bits per heavy atom. The second kappa shape index (κ2) is 5.51. The van der Waals surface area contributed by atoms with Gasteiger partial charge in [0.1, 0.15) is 5.52 Å². The van der Waals surface area contributed by atoms with Crippen molar-refractivity contribution in [3.8, 4) is 0 Å². The van der Waals surface area contributed by atoms with Gasteiger partial charge >= 0.3 is 0 Å². The van der Waals surface area contributed by atoms with E-state index in [4.69, 9.17) is 5.73 Å².